The summed E-state index contributed by atoms with van der Waals surface area (Å²) >= 11 is 0. The van der Waals surface area contributed by atoms with Gasteiger partial charge in [0.1, 0.15) is 18.1 Å². The molecule has 0 aromatic carbocycles. The van der Waals surface area contributed by atoms with E-state index in [1.165, 1.54) is 12.5 Å². The maximum atomic E-state index is 12.8. The number of carbonyl (C=O) groups is 6. The molecule has 0 spiro atoms. The van der Waals surface area contributed by atoms with Crippen molar-refractivity contribution in [2.45, 2.75) is 63.7 Å². The number of nitrogens with one attached hydrogen (secondary N) is 4. The molecule has 15 nitrogen and oxygen atoms in total. The van der Waals surface area contributed by atoms with Gasteiger partial charge in [0.25, 0.3) is 0 Å². The van der Waals surface area contributed by atoms with Gasteiger partial charge >= 0.3 is 11.9 Å². The summed E-state index contributed by atoms with van der Waals surface area (Å²) in [7, 11) is 0. The molecule has 35 heavy (non-hydrogen) atoms. The number of nitrogens with two attached hydrogens (primary N) is 2. The van der Waals surface area contributed by atoms with Gasteiger partial charge in [-0.1, -0.05) is 13.8 Å². The van der Waals surface area contributed by atoms with E-state index >= 15 is 0 Å². The Kier molecular flexibility index (Phi) is 11.3. The Labute approximate surface area is 200 Å². The van der Waals surface area contributed by atoms with E-state index in [1.54, 1.807) is 13.8 Å². The number of aromatic amines is 1. The molecule has 1 aromatic heterocycles. The average molecular weight is 498 g/mol. The number of nitrogens with zero attached hydrogens (tertiary/aromatic N) is 1. The number of amides is 4. The molecule has 0 fully saturated rings. The zero-order chi connectivity index (χ0) is 26.7. The number of aliphatic carboxylic acids is 2. The lowest BCUT2D eigenvalue weighted by Gasteiger charge is -2.25. The zero-order valence-electron chi connectivity index (χ0n) is 19.3. The van der Waals surface area contributed by atoms with Crippen LogP contribution in [0.4, 0.5) is 0 Å². The fourth-order valence-corrected chi connectivity index (χ4v) is 2.98. The molecule has 0 aliphatic carbocycles. The standard InChI is InChI=1S/C20H31N7O8/c1-9(2)16(20(34)35)27-18(32)12(3-4-14(22)28)25-19(33)13(6-15(29)30)26-17(31)11(21)5-10-7-23-8-24-10/h7-9,11-13,16H,3-6,21H2,1-2H3,(H2,22,28)(H,23,24)(H,25,33)(H,26,31)(H,27,32)(H,29,30)(H,34,35). The molecular weight excluding hydrogens is 466 g/mol. The molecule has 0 saturated carbocycles. The van der Waals surface area contributed by atoms with Crippen molar-refractivity contribution in [1.82, 2.24) is 25.9 Å². The third-order valence-electron chi connectivity index (χ3n) is 4.89. The van der Waals surface area contributed by atoms with Crippen molar-refractivity contribution in [3.8, 4) is 0 Å². The number of carboxylic acid groups (broad SMARTS) is 2. The highest BCUT2D eigenvalue weighted by molar-refractivity contribution is 5.95. The van der Waals surface area contributed by atoms with Crippen molar-refractivity contribution in [3.05, 3.63) is 18.2 Å². The van der Waals surface area contributed by atoms with Crippen molar-refractivity contribution >= 4 is 35.6 Å². The fourth-order valence-electron chi connectivity index (χ4n) is 2.98. The Morgan fingerprint density at radius 1 is 1.00 bits per heavy atom. The first kappa shape index (κ1) is 29.0. The second-order valence-corrected chi connectivity index (χ2v) is 8.18. The van der Waals surface area contributed by atoms with Crippen LogP contribution in [0.3, 0.4) is 0 Å². The first-order valence-electron chi connectivity index (χ1n) is 10.7. The van der Waals surface area contributed by atoms with Crippen molar-refractivity contribution in [2.75, 3.05) is 0 Å². The normalized spacial score (nSPS) is 14.3. The largest absolute Gasteiger partial charge is 0.481 e. The highest BCUT2D eigenvalue weighted by Gasteiger charge is 2.32. The first-order chi connectivity index (χ1) is 16.3. The number of carbonyl (C=O) groups excluding carboxylic acids is 4. The van der Waals surface area contributed by atoms with E-state index in [0.717, 1.165) is 0 Å². The smallest absolute Gasteiger partial charge is 0.326 e. The van der Waals surface area contributed by atoms with Crippen molar-refractivity contribution in [2.24, 2.45) is 17.4 Å². The summed E-state index contributed by atoms with van der Waals surface area (Å²) in [6.07, 6.45) is 1.41. The molecule has 4 unspecified atom stereocenters. The van der Waals surface area contributed by atoms with Crippen LogP contribution >= 0.6 is 0 Å². The van der Waals surface area contributed by atoms with Crippen LogP contribution in [0.25, 0.3) is 0 Å². The molecule has 0 radical (unpaired) electrons. The van der Waals surface area contributed by atoms with Crippen LogP contribution in [0.5, 0.6) is 0 Å². The molecule has 194 valence electrons. The number of carboxylic acids is 2. The van der Waals surface area contributed by atoms with Gasteiger partial charge in [0.05, 0.1) is 18.8 Å². The number of hydrogen-bond donors (Lipinski definition) is 8. The fraction of sp³-hybridized carbons (Fsp3) is 0.550. The third-order valence-corrected chi connectivity index (χ3v) is 4.89. The molecule has 0 aliphatic rings. The van der Waals surface area contributed by atoms with E-state index in [0.29, 0.717) is 5.69 Å². The lowest BCUT2D eigenvalue weighted by molar-refractivity contribution is -0.144. The summed E-state index contributed by atoms with van der Waals surface area (Å²) in [5.74, 6) is -6.81. The molecule has 0 saturated heterocycles. The highest BCUT2D eigenvalue weighted by Crippen LogP contribution is 2.06. The molecule has 1 heterocycles. The molecule has 4 atom stereocenters. The molecule has 1 rings (SSSR count). The van der Waals surface area contributed by atoms with E-state index < -0.39 is 72.1 Å². The third kappa shape index (κ3) is 10.2. The van der Waals surface area contributed by atoms with Gasteiger partial charge in [0, 0.05) is 24.7 Å². The minimum atomic E-state index is -1.61. The quantitative estimate of drug-likeness (QED) is 0.123. The van der Waals surface area contributed by atoms with Crippen LogP contribution in [0, 0.1) is 5.92 Å². The Bertz CT molecular complexity index is 919. The first-order valence-corrected chi connectivity index (χ1v) is 10.7. The lowest BCUT2D eigenvalue weighted by atomic mass is 10.0. The Morgan fingerprint density at radius 3 is 2.09 bits per heavy atom. The van der Waals surface area contributed by atoms with Gasteiger partial charge in [0.2, 0.25) is 23.6 Å². The minimum absolute atomic E-state index is 0.0304. The van der Waals surface area contributed by atoms with E-state index in [4.69, 9.17) is 11.5 Å². The molecular formula is C20H31N7O8. The van der Waals surface area contributed by atoms with E-state index in [2.05, 4.69) is 25.9 Å². The maximum absolute atomic E-state index is 12.8. The second kappa shape index (κ2) is 13.6. The van der Waals surface area contributed by atoms with Crippen LogP contribution in [-0.4, -0.2) is 79.9 Å². The van der Waals surface area contributed by atoms with Gasteiger partial charge in [-0.15, -0.1) is 0 Å². The molecule has 10 N–H and O–H groups in total. The van der Waals surface area contributed by atoms with Crippen molar-refractivity contribution < 1.29 is 39.0 Å². The second-order valence-electron chi connectivity index (χ2n) is 8.18. The number of imidazole rings is 1. The number of H-pyrrole nitrogens is 1. The van der Waals surface area contributed by atoms with Gasteiger partial charge in [-0.2, -0.15) is 0 Å². The van der Waals surface area contributed by atoms with E-state index in [-0.39, 0.29) is 19.3 Å². The summed E-state index contributed by atoms with van der Waals surface area (Å²) < 4.78 is 0. The predicted molar refractivity (Wildman–Crippen MR) is 119 cm³/mol. The van der Waals surface area contributed by atoms with Gasteiger partial charge in [0.15, 0.2) is 0 Å². The summed E-state index contributed by atoms with van der Waals surface area (Å²) in [6.45, 7) is 3.11. The summed E-state index contributed by atoms with van der Waals surface area (Å²) in [5.41, 5.74) is 11.5. The molecule has 0 bridgehead atoms. The van der Waals surface area contributed by atoms with E-state index in [9.17, 15) is 39.0 Å². The Balaban J connectivity index is 2.98. The Morgan fingerprint density at radius 2 is 1.60 bits per heavy atom. The minimum Gasteiger partial charge on any atom is -0.481 e. The highest BCUT2D eigenvalue weighted by atomic mass is 16.4. The summed E-state index contributed by atoms with van der Waals surface area (Å²) in [6, 6.07) is -5.47. The summed E-state index contributed by atoms with van der Waals surface area (Å²) in [5, 5.41) is 25.2. The van der Waals surface area contributed by atoms with Crippen LogP contribution in [0.1, 0.15) is 38.8 Å². The zero-order valence-corrected chi connectivity index (χ0v) is 19.3. The lowest BCUT2D eigenvalue weighted by Crippen LogP contribution is -2.58. The molecule has 1 aromatic rings. The van der Waals surface area contributed by atoms with Crippen molar-refractivity contribution in [3.63, 3.8) is 0 Å². The van der Waals surface area contributed by atoms with Gasteiger partial charge in [-0.3, -0.25) is 24.0 Å². The predicted octanol–water partition coefficient (Wildman–Crippen LogP) is -2.79. The monoisotopic (exact) mass is 497 g/mol. The van der Waals surface area contributed by atoms with Gasteiger partial charge < -0.3 is 42.6 Å². The van der Waals surface area contributed by atoms with Gasteiger partial charge in [-0.25, -0.2) is 9.78 Å². The number of rotatable bonds is 15. The number of aromatic nitrogens is 2. The van der Waals surface area contributed by atoms with Crippen molar-refractivity contribution in [1.29, 1.82) is 0 Å². The maximum Gasteiger partial charge on any atom is 0.326 e. The van der Waals surface area contributed by atoms with Crippen LogP contribution in [-0.2, 0) is 35.2 Å². The van der Waals surface area contributed by atoms with Gasteiger partial charge in [-0.05, 0) is 12.3 Å². The van der Waals surface area contributed by atoms with Crippen LogP contribution < -0.4 is 27.4 Å². The molecule has 15 heteroatoms. The number of hydrogen-bond acceptors (Lipinski definition) is 8. The Hall–Kier alpha value is -4.01. The van der Waals surface area contributed by atoms with E-state index in [1.807, 2.05) is 0 Å². The topological polar surface area (TPSA) is 260 Å². The molecule has 4 amide bonds. The average Bonchev–Trinajstić information content (AvgIpc) is 3.25. The SMILES string of the molecule is CC(C)C(NC(=O)C(CCC(N)=O)NC(=O)C(CC(=O)O)NC(=O)C(N)Cc1cnc[nH]1)C(=O)O. The number of primary amides is 1. The molecule has 0 aliphatic heterocycles. The summed E-state index contributed by atoms with van der Waals surface area (Å²) in [4.78, 5) is 78.4. The van der Waals surface area contributed by atoms with Crippen LogP contribution in [0.15, 0.2) is 12.5 Å². The van der Waals surface area contributed by atoms with Crippen LogP contribution in [0.2, 0.25) is 0 Å².